The third-order valence-electron chi connectivity index (χ3n) is 2.95. The van der Waals surface area contributed by atoms with Gasteiger partial charge in [-0.3, -0.25) is 0 Å². The summed E-state index contributed by atoms with van der Waals surface area (Å²) < 4.78 is 5.26. The molecule has 1 heterocycles. The highest BCUT2D eigenvalue weighted by Crippen LogP contribution is 2.20. The van der Waals surface area contributed by atoms with Gasteiger partial charge in [0.15, 0.2) is 0 Å². The van der Waals surface area contributed by atoms with Crippen molar-refractivity contribution in [3.05, 3.63) is 35.7 Å². The number of hydrogen-bond acceptors (Lipinski definition) is 4. The molecule has 0 saturated carbocycles. The van der Waals surface area contributed by atoms with E-state index in [2.05, 4.69) is 10.1 Å². The first kappa shape index (κ1) is 12.8. The number of nitrogens with two attached hydrogens (primary N) is 1. The van der Waals surface area contributed by atoms with Crippen molar-refractivity contribution in [3.8, 4) is 11.4 Å². The van der Waals surface area contributed by atoms with Crippen LogP contribution in [0.2, 0.25) is 0 Å². The molecule has 0 amide bonds. The molecule has 4 heteroatoms. The summed E-state index contributed by atoms with van der Waals surface area (Å²) in [6, 6.07) is 8.05. The first-order chi connectivity index (χ1) is 8.81. The SMILES string of the molecule is Cc1ccccc1-c1noc(CCCCCN)n1. The maximum atomic E-state index is 5.45. The molecule has 0 saturated heterocycles. The highest BCUT2D eigenvalue weighted by atomic mass is 16.5. The van der Waals surface area contributed by atoms with E-state index in [0.717, 1.165) is 43.4 Å². The molecule has 0 aliphatic rings. The molecule has 96 valence electrons. The molecule has 2 N–H and O–H groups in total. The highest BCUT2D eigenvalue weighted by molar-refractivity contribution is 5.58. The van der Waals surface area contributed by atoms with Crippen LogP contribution in [0.4, 0.5) is 0 Å². The zero-order valence-corrected chi connectivity index (χ0v) is 10.7. The van der Waals surface area contributed by atoms with Gasteiger partial charge >= 0.3 is 0 Å². The van der Waals surface area contributed by atoms with Gasteiger partial charge in [-0.05, 0) is 31.9 Å². The highest BCUT2D eigenvalue weighted by Gasteiger charge is 2.09. The minimum atomic E-state index is 0.682. The summed E-state index contributed by atoms with van der Waals surface area (Å²) in [4.78, 5) is 4.43. The normalized spacial score (nSPS) is 10.8. The third kappa shape index (κ3) is 3.17. The van der Waals surface area contributed by atoms with Gasteiger partial charge in [-0.15, -0.1) is 0 Å². The van der Waals surface area contributed by atoms with Crippen molar-refractivity contribution >= 4 is 0 Å². The average molecular weight is 245 g/mol. The third-order valence-corrected chi connectivity index (χ3v) is 2.95. The lowest BCUT2D eigenvalue weighted by Gasteiger charge is -1.98. The van der Waals surface area contributed by atoms with Crippen LogP contribution >= 0.6 is 0 Å². The van der Waals surface area contributed by atoms with Crippen molar-refractivity contribution in [2.75, 3.05) is 6.54 Å². The van der Waals surface area contributed by atoms with E-state index in [1.807, 2.05) is 31.2 Å². The van der Waals surface area contributed by atoms with Crippen LogP contribution in [0.15, 0.2) is 28.8 Å². The Bertz CT molecular complexity index is 493. The summed E-state index contributed by atoms with van der Waals surface area (Å²) in [5.41, 5.74) is 7.65. The Hall–Kier alpha value is -1.68. The van der Waals surface area contributed by atoms with Crippen LogP contribution in [-0.4, -0.2) is 16.7 Å². The van der Waals surface area contributed by atoms with E-state index in [1.54, 1.807) is 0 Å². The molecule has 1 aromatic carbocycles. The number of aromatic nitrogens is 2. The number of benzene rings is 1. The van der Waals surface area contributed by atoms with E-state index < -0.39 is 0 Å². The number of nitrogens with zero attached hydrogens (tertiary/aromatic N) is 2. The van der Waals surface area contributed by atoms with Crippen LogP contribution in [0.3, 0.4) is 0 Å². The van der Waals surface area contributed by atoms with E-state index >= 15 is 0 Å². The summed E-state index contributed by atoms with van der Waals surface area (Å²) in [6.45, 7) is 2.80. The zero-order valence-electron chi connectivity index (χ0n) is 10.7. The lowest BCUT2D eigenvalue weighted by molar-refractivity contribution is 0.374. The van der Waals surface area contributed by atoms with E-state index in [4.69, 9.17) is 10.3 Å². The van der Waals surface area contributed by atoms with E-state index in [1.165, 1.54) is 0 Å². The molecule has 0 fully saturated rings. The van der Waals surface area contributed by atoms with Crippen LogP contribution in [-0.2, 0) is 6.42 Å². The second-order valence-electron chi connectivity index (χ2n) is 4.43. The average Bonchev–Trinajstić information content (AvgIpc) is 2.84. The maximum Gasteiger partial charge on any atom is 0.226 e. The molecule has 0 radical (unpaired) electrons. The number of hydrogen-bond donors (Lipinski definition) is 1. The van der Waals surface area contributed by atoms with Crippen molar-refractivity contribution in [1.82, 2.24) is 10.1 Å². The van der Waals surface area contributed by atoms with Gasteiger partial charge in [0.1, 0.15) is 0 Å². The molecule has 0 atom stereocenters. The summed E-state index contributed by atoms with van der Waals surface area (Å²) in [5, 5.41) is 4.04. The Morgan fingerprint density at radius 1 is 1.17 bits per heavy atom. The van der Waals surface area contributed by atoms with Crippen LogP contribution in [0, 0.1) is 6.92 Å². The maximum absolute atomic E-state index is 5.45. The molecule has 2 aromatic rings. The number of rotatable bonds is 6. The molecular formula is C14H19N3O. The van der Waals surface area contributed by atoms with Gasteiger partial charge in [-0.2, -0.15) is 4.98 Å². The largest absolute Gasteiger partial charge is 0.339 e. The molecule has 0 aliphatic heterocycles. The molecule has 2 rings (SSSR count). The fraction of sp³-hybridized carbons (Fsp3) is 0.429. The van der Waals surface area contributed by atoms with Gasteiger partial charge in [0.2, 0.25) is 11.7 Å². The Labute approximate surface area is 107 Å². The molecule has 0 spiro atoms. The quantitative estimate of drug-likeness (QED) is 0.795. The Morgan fingerprint density at radius 2 is 2.00 bits per heavy atom. The Morgan fingerprint density at radius 3 is 2.78 bits per heavy atom. The van der Waals surface area contributed by atoms with Crippen LogP contribution in [0.1, 0.15) is 30.7 Å². The van der Waals surface area contributed by atoms with Gasteiger partial charge in [-0.1, -0.05) is 35.8 Å². The molecular weight excluding hydrogens is 226 g/mol. The summed E-state index contributed by atoms with van der Waals surface area (Å²) in [7, 11) is 0. The van der Waals surface area contributed by atoms with Crippen LogP contribution in [0.5, 0.6) is 0 Å². The van der Waals surface area contributed by atoms with Crippen molar-refractivity contribution in [2.45, 2.75) is 32.6 Å². The van der Waals surface area contributed by atoms with E-state index in [-0.39, 0.29) is 0 Å². The van der Waals surface area contributed by atoms with E-state index in [0.29, 0.717) is 11.7 Å². The van der Waals surface area contributed by atoms with Gasteiger partial charge in [0.25, 0.3) is 0 Å². The molecule has 4 nitrogen and oxygen atoms in total. The van der Waals surface area contributed by atoms with Gasteiger partial charge in [0, 0.05) is 12.0 Å². The smallest absolute Gasteiger partial charge is 0.226 e. The van der Waals surface area contributed by atoms with Crippen LogP contribution in [0.25, 0.3) is 11.4 Å². The van der Waals surface area contributed by atoms with Crippen molar-refractivity contribution in [3.63, 3.8) is 0 Å². The van der Waals surface area contributed by atoms with Gasteiger partial charge in [-0.25, -0.2) is 0 Å². The zero-order chi connectivity index (χ0) is 12.8. The molecule has 0 bridgehead atoms. The fourth-order valence-electron chi connectivity index (χ4n) is 1.89. The fourth-order valence-corrected chi connectivity index (χ4v) is 1.89. The molecule has 0 unspecified atom stereocenters. The second kappa shape index (κ2) is 6.31. The summed E-state index contributed by atoms with van der Waals surface area (Å²) in [5.74, 6) is 1.40. The van der Waals surface area contributed by atoms with Crippen LogP contribution < -0.4 is 5.73 Å². The van der Waals surface area contributed by atoms with Crippen molar-refractivity contribution in [2.24, 2.45) is 5.73 Å². The minimum absolute atomic E-state index is 0.682. The Balaban J connectivity index is 2.00. The van der Waals surface area contributed by atoms with E-state index in [9.17, 15) is 0 Å². The number of unbranched alkanes of at least 4 members (excludes halogenated alkanes) is 2. The summed E-state index contributed by atoms with van der Waals surface area (Å²) in [6.07, 6.45) is 4.04. The minimum Gasteiger partial charge on any atom is -0.339 e. The predicted octanol–water partition coefficient (Wildman–Crippen LogP) is 2.72. The molecule has 0 aliphatic carbocycles. The second-order valence-corrected chi connectivity index (χ2v) is 4.43. The van der Waals surface area contributed by atoms with Gasteiger partial charge < -0.3 is 10.3 Å². The Kier molecular flexibility index (Phi) is 4.47. The van der Waals surface area contributed by atoms with Crippen molar-refractivity contribution < 1.29 is 4.52 Å². The number of aryl methyl sites for hydroxylation is 2. The van der Waals surface area contributed by atoms with Crippen molar-refractivity contribution in [1.29, 1.82) is 0 Å². The predicted molar refractivity (Wildman–Crippen MR) is 71.1 cm³/mol. The molecule has 1 aromatic heterocycles. The topological polar surface area (TPSA) is 64.9 Å². The van der Waals surface area contributed by atoms with Gasteiger partial charge in [0.05, 0.1) is 0 Å². The lowest BCUT2D eigenvalue weighted by Crippen LogP contribution is -1.98. The first-order valence-corrected chi connectivity index (χ1v) is 6.40. The standard InChI is InChI=1S/C14H19N3O/c1-11-7-4-5-8-12(11)14-16-13(18-17-14)9-3-2-6-10-15/h4-5,7-8H,2-3,6,9-10,15H2,1H3. The lowest BCUT2D eigenvalue weighted by atomic mass is 10.1. The molecule has 18 heavy (non-hydrogen) atoms. The summed E-state index contributed by atoms with van der Waals surface area (Å²) >= 11 is 0. The monoisotopic (exact) mass is 245 g/mol. The first-order valence-electron chi connectivity index (χ1n) is 6.40.